The molecule has 0 radical (unpaired) electrons. The maximum atomic E-state index is 12.7. The number of aromatic hydroxyl groups is 1. The number of aromatic nitrogens is 1. The highest BCUT2D eigenvalue weighted by Crippen LogP contribution is 2.29. The molecule has 0 fully saturated rings. The quantitative estimate of drug-likeness (QED) is 0.492. The predicted molar refractivity (Wildman–Crippen MR) is 107 cm³/mol. The summed E-state index contributed by atoms with van der Waals surface area (Å²) in [4.78, 5) is 17.1. The van der Waals surface area contributed by atoms with Crippen molar-refractivity contribution in [1.29, 1.82) is 0 Å². The molecule has 0 saturated carbocycles. The van der Waals surface area contributed by atoms with E-state index in [2.05, 4.69) is 4.98 Å². The van der Waals surface area contributed by atoms with E-state index in [1.807, 2.05) is 48.5 Å². The summed E-state index contributed by atoms with van der Waals surface area (Å²) in [6.07, 6.45) is 0. The van der Waals surface area contributed by atoms with E-state index < -0.39 is 0 Å². The third-order valence-corrected chi connectivity index (χ3v) is 5.29. The lowest BCUT2D eigenvalue weighted by Crippen LogP contribution is -2.00. The predicted octanol–water partition coefficient (Wildman–Crippen LogP) is 5.12. The maximum absolute atomic E-state index is 12.7. The Labute approximate surface area is 160 Å². The highest BCUT2D eigenvalue weighted by atomic mass is 32.1. The number of aryl methyl sites for hydroxylation is 1. The first-order chi connectivity index (χ1) is 13.1. The first-order valence-corrected chi connectivity index (χ1v) is 9.33. The summed E-state index contributed by atoms with van der Waals surface area (Å²) in [6, 6.07) is 20.5. The number of phenolic OH excluding ortho intramolecular Hbond substituents is 1. The molecule has 5 heteroatoms. The number of rotatable bonds is 5. The molecule has 1 aromatic heterocycles. The third-order valence-electron chi connectivity index (χ3n) is 4.27. The van der Waals surface area contributed by atoms with Gasteiger partial charge >= 0.3 is 0 Å². The van der Waals surface area contributed by atoms with Gasteiger partial charge in [-0.05, 0) is 42.3 Å². The summed E-state index contributed by atoms with van der Waals surface area (Å²) in [5.74, 6) is 0.652. The zero-order valence-electron chi connectivity index (χ0n) is 14.7. The van der Waals surface area contributed by atoms with Crippen molar-refractivity contribution in [3.8, 4) is 11.5 Å². The average Bonchev–Trinajstić information content (AvgIpc) is 3.12. The van der Waals surface area contributed by atoms with Crippen LogP contribution in [0.5, 0.6) is 11.5 Å². The zero-order chi connectivity index (χ0) is 18.8. The number of ketones is 1. The van der Waals surface area contributed by atoms with Gasteiger partial charge in [-0.1, -0.05) is 42.5 Å². The number of carbonyl (C=O) groups is 1. The van der Waals surface area contributed by atoms with Gasteiger partial charge in [0.1, 0.15) is 18.1 Å². The Morgan fingerprint density at radius 3 is 2.67 bits per heavy atom. The molecule has 0 aliphatic heterocycles. The van der Waals surface area contributed by atoms with Crippen molar-refractivity contribution < 1.29 is 14.6 Å². The standard InChI is InChI=1S/C22H17NO3S/c1-14-7-8-16(11-19(14)24)21(25)22-23-18-10-9-17(12-20(18)27-22)26-13-15-5-3-2-4-6-15/h2-12,24H,13H2,1H3. The summed E-state index contributed by atoms with van der Waals surface area (Å²) in [7, 11) is 0. The van der Waals surface area contributed by atoms with E-state index in [1.165, 1.54) is 17.4 Å². The zero-order valence-corrected chi connectivity index (χ0v) is 15.5. The van der Waals surface area contributed by atoms with E-state index >= 15 is 0 Å². The molecule has 1 heterocycles. The summed E-state index contributed by atoms with van der Waals surface area (Å²) < 4.78 is 6.73. The van der Waals surface area contributed by atoms with Gasteiger partial charge in [0, 0.05) is 5.56 Å². The van der Waals surface area contributed by atoms with E-state index in [0.717, 1.165) is 27.1 Å². The highest BCUT2D eigenvalue weighted by Gasteiger charge is 2.16. The molecule has 4 nitrogen and oxygen atoms in total. The van der Waals surface area contributed by atoms with Crippen LogP contribution < -0.4 is 4.74 Å². The van der Waals surface area contributed by atoms with Gasteiger partial charge in [0.2, 0.25) is 5.78 Å². The van der Waals surface area contributed by atoms with Crippen LogP contribution in [0.1, 0.15) is 26.5 Å². The Balaban J connectivity index is 1.56. The molecule has 0 saturated heterocycles. The summed E-state index contributed by atoms with van der Waals surface area (Å²) in [6.45, 7) is 2.28. The number of nitrogens with zero attached hydrogens (tertiary/aromatic N) is 1. The number of benzene rings is 3. The average molecular weight is 375 g/mol. The molecular weight excluding hydrogens is 358 g/mol. The van der Waals surface area contributed by atoms with E-state index in [9.17, 15) is 9.90 Å². The molecule has 4 rings (SSSR count). The number of fused-ring (bicyclic) bond motifs is 1. The van der Waals surface area contributed by atoms with Crippen molar-refractivity contribution in [2.75, 3.05) is 0 Å². The maximum Gasteiger partial charge on any atom is 0.221 e. The monoisotopic (exact) mass is 375 g/mol. The van der Waals surface area contributed by atoms with E-state index in [-0.39, 0.29) is 11.5 Å². The topological polar surface area (TPSA) is 59.4 Å². The summed E-state index contributed by atoms with van der Waals surface area (Å²) >= 11 is 1.32. The molecule has 0 aliphatic rings. The van der Waals surface area contributed by atoms with Crippen molar-refractivity contribution in [1.82, 2.24) is 4.98 Å². The number of ether oxygens (including phenoxy) is 1. The molecule has 134 valence electrons. The van der Waals surface area contributed by atoms with Crippen LogP contribution in [0.25, 0.3) is 10.2 Å². The second-order valence-electron chi connectivity index (χ2n) is 6.25. The first-order valence-electron chi connectivity index (χ1n) is 8.52. The fourth-order valence-corrected chi connectivity index (χ4v) is 3.66. The molecule has 4 aromatic rings. The third kappa shape index (κ3) is 3.68. The molecule has 0 atom stereocenters. The Hall–Kier alpha value is -3.18. The molecule has 1 N–H and O–H groups in total. The van der Waals surface area contributed by atoms with Crippen LogP contribution in [-0.2, 0) is 6.61 Å². The molecule has 3 aromatic carbocycles. The molecule has 0 amide bonds. The number of hydrogen-bond donors (Lipinski definition) is 1. The van der Waals surface area contributed by atoms with Gasteiger partial charge in [0.05, 0.1) is 10.2 Å². The van der Waals surface area contributed by atoms with E-state index in [4.69, 9.17) is 4.74 Å². The highest BCUT2D eigenvalue weighted by molar-refractivity contribution is 7.20. The minimum Gasteiger partial charge on any atom is -0.508 e. The lowest BCUT2D eigenvalue weighted by molar-refractivity contribution is 0.103. The Bertz CT molecular complexity index is 1120. The molecule has 0 spiro atoms. The van der Waals surface area contributed by atoms with Crippen molar-refractivity contribution in [2.45, 2.75) is 13.5 Å². The Morgan fingerprint density at radius 2 is 1.89 bits per heavy atom. The molecule has 0 unspecified atom stereocenters. The molecular formula is C22H17NO3S. The summed E-state index contributed by atoms with van der Waals surface area (Å²) in [5, 5.41) is 10.2. The van der Waals surface area contributed by atoms with Gasteiger partial charge < -0.3 is 9.84 Å². The minimum atomic E-state index is -0.196. The molecule has 0 bridgehead atoms. The van der Waals surface area contributed by atoms with Crippen molar-refractivity contribution in [2.24, 2.45) is 0 Å². The molecule has 27 heavy (non-hydrogen) atoms. The van der Waals surface area contributed by atoms with Crippen molar-refractivity contribution >= 4 is 27.3 Å². The van der Waals surface area contributed by atoms with Crippen molar-refractivity contribution in [3.05, 3.63) is 88.4 Å². The largest absolute Gasteiger partial charge is 0.508 e. The Kier molecular flexibility index (Phi) is 4.60. The smallest absolute Gasteiger partial charge is 0.221 e. The van der Waals surface area contributed by atoms with Gasteiger partial charge in [-0.2, -0.15) is 0 Å². The van der Waals surface area contributed by atoms with Crippen LogP contribution in [0.3, 0.4) is 0 Å². The lowest BCUT2D eigenvalue weighted by Gasteiger charge is -2.05. The number of hydrogen-bond acceptors (Lipinski definition) is 5. The molecule has 0 aliphatic carbocycles. The Morgan fingerprint density at radius 1 is 1.07 bits per heavy atom. The van der Waals surface area contributed by atoms with Gasteiger partial charge in [-0.25, -0.2) is 4.98 Å². The van der Waals surface area contributed by atoms with Crippen LogP contribution >= 0.6 is 11.3 Å². The fourth-order valence-electron chi connectivity index (χ4n) is 2.71. The first kappa shape index (κ1) is 17.2. The van der Waals surface area contributed by atoms with Crippen LogP contribution in [0.15, 0.2) is 66.7 Å². The second kappa shape index (κ2) is 7.21. The number of thiazole rings is 1. The van der Waals surface area contributed by atoms with Gasteiger partial charge in [-0.3, -0.25) is 4.79 Å². The SMILES string of the molecule is Cc1ccc(C(=O)c2nc3ccc(OCc4ccccc4)cc3s2)cc1O. The normalized spacial score (nSPS) is 10.9. The fraction of sp³-hybridized carbons (Fsp3) is 0.0909. The van der Waals surface area contributed by atoms with Crippen LogP contribution in [0.2, 0.25) is 0 Å². The van der Waals surface area contributed by atoms with Gasteiger partial charge in [0.15, 0.2) is 5.01 Å². The van der Waals surface area contributed by atoms with Gasteiger partial charge in [0.25, 0.3) is 0 Å². The van der Waals surface area contributed by atoms with E-state index in [1.54, 1.807) is 19.1 Å². The number of carbonyl (C=O) groups excluding carboxylic acids is 1. The summed E-state index contributed by atoms with van der Waals surface area (Å²) in [5.41, 5.74) is 3.01. The van der Waals surface area contributed by atoms with Gasteiger partial charge in [-0.15, -0.1) is 11.3 Å². The van der Waals surface area contributed by atoms with Crippen molar-refractivity contribution in [3.63, 3.8) is 0 Å². The van der Waals surface area contributed by atoms with Crippen LogP contribution in [0, 0.1) is 6.92 Å². The minimum absolute atomic E-state index is 0.110. The van der Waals surface area contributed by atoms with Crippen LogP contribution in [0.4, 0.5) is 0 Å². The van der Waals surface area contributed by atoms with Crippen LogP contribution in [-0.4, -0.2) is 15.9 Å². The van der Waals surface area contributed by atoms with E-state index in [0.29, 0.717) is 17.2 Å². The lowest BCUT2D eigenvalue weighted by atomic mass is 10.1. The number of phenols is 1. The second-order valence-corrected chi connectivity index (χ2v) is 7.28.